The van der Waals surface area contributed by atoms with Crippen LogP contribution in [0.25, 0.3) is 0 Å². The molecular weight excluding hydrogens is 374 g/mol. The van der Waals surface area contributed by atoms with E-state index in [4.69, 9.17) is 0 Å². The van der Waals surface area contributed by atoms with Gasteiger partial charge >= 0.3 is 0 Å². The first kappa shape index (κ1) is 21.6. The molecule has 6 nitrogen and oxygen atoms in total. The fraction of sp³-hybridized carbons (Fsp3) is 0.810. The van der Waals surface area contributed by atoms with Crippen LogP contribution in [0.15, 0.2) is 12.3 Å². The van der Waals surface area contributed by atoms with Crippen molar-refractivity contribution in [3.05, 3.63) is 18.0 Å². The molecule has 28 heavy (non-hydrogen) atoms. The molecule has 3 saturated heterocycles. The minimum atomic E-state index is 0. The van der Waals surface area contributed by atoms with Crippen molar-refractivity contribution in [2.75, 3.05) is 39.3 Å². The van der Waals surface area contributed by atoms with E-state index < -0.39 is 0 Å². The summed E-state index contributed by atoms with van der Waals surface area (Å²) in [5, 5.41) is 8.06. The second-order valence-corrected chi connectivity index (χ2v) is 8.78. The van der Waals surface area contributed by atoms with Crippen molar-refractivity contribution < 1.29 is 4.79 Å². The van der Waals surface area contributed by atoms with E-state index >= 15 is 0 Å². The van der Waals surface area contributed by atoms with E-state index in [1.54, 1.807) is 0 Å². The van der Waals surface area contributed by atoms with Gasteiger partial charge in [0.25, 0.3) is 5.91 Å². The van der Waals surface area contributed by atoms with E-state index in [1.807, 2.05) is 16.9 Å². The van der Waals surface area contributed by atoms with Gasteiger partial charge in [0, 0.05) is 38.4 Å². The van der Waals surface area contributed by atoms with E-state index in [1.165, 1.54) is 38.6 Å². The normalized spacial score (nSPS) is 29.3. The number of aromatic nitrogens is 2. The van der Waals surface area contributed by atoms with Crippen LogP contribution in [-0.2, 0) is 0 Å². The molecule has 1 aromatic heterocycles. The van der Waals surface area contributed by atoms with Crippen molar-refractivity contribution in [2.45, 2.75) is 64.0 Å². The Hall–Kier alpha value is -1.11. The highest BCUT2D eigenvalue weighted by Gasteiger charge is 2.29. The molecule has 1 aromatic rings. The Kier molecular flexibility index (Phi) is 7.77. The summed E-state index contributed by atoms with van der Waals surface area (Å²) in [4.78, 5) is 17.7. The summed E-state index contributed by atoms with van der Waals surface area (Å²) in [5.74, 6) is 0.724. The molecule has 158 valence electrons. The smallest absolute Gasteiger partial charge is 0.274 e. The number of carbonyl (C=O) groups excluding carboxylic acids is 1. The molecule has 0 spiro atoms. The number of rotatable bonds is 4. The first-order valence-corrected chi connectivity index (χ1v) is 11.0. The molecule has 0 aromatic carbocycles. The van der Waals surface area contributed by atoms with Gasteiger partial charge in [-0.05, 0) is 70.5 Å². The van der Waals surface area contributed by atoms with Gasteiger partial charge < -0.3 is 15.1 Å². The molecule has 3 atom stereocenters. The van der Waals surface area contributed by atoms with Crippen LogP contribution in [0.4, 0.5) is 0 Å². The summed E-state index contributed by atoms with van der Waals surface area (Å²) in [6, 6.07) is 2.99. The minimum Gasteiger partial charge on any atom is -0.337 e. The number of nitrogens with zero attached hydrogens (tertiary/aromatic N) is 4. The average molecular weight is 410 g/mol. The fourth-order valence-corrected chi connectivity index (χ4v) is 5.04. The third-order valence-corrected chi connectivity index (χ3v) is 6.71. The van der Waals surface area contributed by atoms with Gasteiger partial charge in [-0.3, -0.25) is 9.48 Å². The monoisotopic (exact) mass is 409 g/mol. The third kappa shape index (κ3) is 5.08. The standard InChI is InChI=1S/C21H35N5O.ClH/c1-17-6-2-3-11-24(17)15-18-7-5-12-25(16-18)21(27)20-9-13-26(23-20)19-8-4-10-22-14-19;/h9,13,17-19,22H,2-8,10-12,14-16H2,1H3;1H. The zero-order valence-corrected chi connectivity index (χ0v) is 18.0. The predicted octanol–water partition coefficient (Wildman–Crippen LogP) is 2.96. The number of likely N-dealkylation sites (tertiary alicyclic amines) is 2. The summed E-state index contributed by atoms with van der Waals surface area (Å²) in [6.07, 6.45) is 10.7. The lowest BCUT2D eigenvalue weighted by Gasteiger charge is -2.39. The zero-order valence-electron chi connectivity index (χ0n) is 17.2. The average Bonchev–Trinajstić information content (AvgIpc) is 3.20. The van der Waals surface area contributed by atoms with Gasteiger partial charge in [0.1, 0.15) is 5.69 Å². The Morgan fingerprint density at radius 1 is 1.18 bits per heavy atom. The van der Waals surface area contributed by atoms with E-state index in [9.17, 15) is 4.79 Å². The van der Waals surface area contributed by atoms with Gasteiger partial charge in [0.15, 0.2) is 0 Å². The van der Waals surface area contributed by atoms with Gasteiger partial charge in [0.2, 0.25) is 0 Å². The number of hydrogen-bond donors (Lipinski definition) is 1. The molecule has 4 rings (SSSR count). The van der Waals surface area contributed by atoms with Crippen LogP contribution in [0.3, 0.4) is 0 Å². The molecule has 3 fully saturated rings. The minimum absolute atomic E-state index is 0. The largest absolute Gasteiger partial charge is 0.337 e. The first-order valence-electron chi connectivity index (χ1n) is 11.0. The molecule has 1 N–H and O–H groups in total. The summed E-state index contributed by atoms with van der Waals surface area (Å²) in [7, 11) is 0. The second kappa shape index (κ2) is 10.1. The number of piperidine rings is 3. The summed E-state index contributed by atoms with van der Waals surface area (Å²) in [5.41, 5.74) is 0.618. The van der Waals surface area contributed by atoms with Crippen molar-refractivity contribution in [1.29, 1.82) is 0 Å². The highest BCUT2D eigenvalue weighted by molar-refractivity contribution is 5.92. The molecule has 3 aliphatic rings. The Morgan fingerprint density at radius 2 is 2.07 bits per heavy atom. The van der Waals surface area contributed by atoms with Gasteiger partial charge in [-0.25, -0.2) is 0 Å². The molecule has 7 heteroatoms. The SMILES string of the molecule is CC1CCCCN1CC1CCCN(C(=O)c2ccn(C3CCCNC3)n2)C1.Cl. The molecular formula is C21H36ClN5O. The lowest BCUT2D eigenvalue weighted by atomic mass is 9.94. The van der Waals surface area contributed by atoms with E-state index in [2.05, 4.69) is 27.1 Å². The molecule has 3 unspecified atom stereocenters. The highest BCUT2D eigenvalue weighted by atomic mass is 35.5. The fourth-order valence-electron chi connectivity index (χ4n) is 5.04. The van der Waals surface area contributed by atoms with Crippen molar-refractivity contribution in [1.82, 2.24) is 24.9 Å². The van der Waals surface area contributed by atoms with Gasteiger partial charge in [-0.2, -0.15) is 5.10 Å². The molecule has 4 heterocycles. The quantitative estimate of drug-likeness (QED) is 0.830. The van der Waals surface area contributed by atoms with Crippen LogP contribution in [0.2, 0.25) is 0 Å². The summed E-state index contributed by atoms with van der Waals surface area (Å²) < 4.78 is 2.00. The number of nitrogens with one attached hydrogen (secondary N) is 1. The van der Waals surface area contributed by atoms with Crippen LogP contribution in [0.5, 0.6) is 0 Å². The summed E-state index contributed by atoms with van der Waals surface area (Å²) >= 11 is 0. The highest BCUT2D eigenvalue weighted by Crippen LogP contribution is 2.24. The lowest BCUT2D eigenvalue weighted by Crippen LogP contribution is -2.47. The van der Waals surface area contributed by atoms with E-state index in [0.717, 1.165) is 45.6 Å². The number of carbonyl (C=O) groups is 1. The predicted molar refractivity (Wildman–Crippen MR) is 114 cm³/mol. The molecule has 3 aliphatic heterocycles. The summed E-state index contributed by atoms with van der Waals surface area (Å²) in [6.45, 7) is 8.54. The van der Waals surface area contributed by atoms with E-state index in [-0.39, 0.29) is 18.3 Å². The maximum atomic E-state index is 13.0. The van der Waals surface area contributed by atoms with Gasteiger partial charge in [-0.1, -0.05) is 6.42 Å². The zero-order chi connectivity index (χ0) is 18.6. The Labute approximate surface area is 175 Å². The Morgan fingerprint density at radius 3 is 2.86 bits per heavy atom. The Balaban J connectivity index is 0.00000225. The lowest BCUT2D eigenvalue weighted by molar-refractivity contribution is 0.0588. The number of hydrogen-bond acceptors (Lipinski definition) is 4. The van der Waals surface area contributed by atoms with Crippen LogP contribution >= 0.6 is 12.4 Å². The van der Waals surface area contributed by atoms with Crippen molar-refractivity contribution in [3.63, 3.8) is 0 Å². The van der Waals surface area contributed by atoms with Crippen LogP contribution in [0, 0.1) is 5.92 Å². The Bertz CT molecular complexity index is 630. The first-order chi connectivity index (χ1) is 13.2. The molecule has 1 amide bonds. The van der Waals surface area contributed by atoms with Crippen molar-refractivity contribution in [3.8, 4) is 0 Å². The maximum Gasteiger partial charge on any atom is 0.274 e. The number of amides is 1. The molecule has 0 bridgehead atoms. The molecule has 0 aliphatic carbocycles. The third-order valence-electron chi connectivity index (χ3n) is 6.71. The van der Waals surface area contributed by atoms with Crippen molar-refractivity contribution >= 4 is 18.3 Å². The van der Waals surface area contributed by atoms with Crippen LogP contribution in [0.1, 0.15) is 68.4 Å². The number of halogens is 1. The second-order valence-electron chi connectivity index (χ2n) is 8.78. The van der Waals surface area contributed by atoms with Gasteiger partial charge in [0.05, 0.1) is 6.04 Å². The van der Waals surface area contributed by atoms with Gasteiger partial charge in [-0.15, -0.1) is 12.4 Å². The van der Waals surface area contributed by atoms with Crippen LogP contribution < -0.4 is 5.32 Å². The van der Waals surface area contributed by atoms with Crippen molar-refractivity contribution in [2.24, 2.45) is 5.92 Å². The van der Waals surface area contributed by atoms with Crippen LogP contribution in [-0.4, -0.2) is 70.8 Å². The maximum absolute atomic E-state index is 13.0. The van der Waals surface area contributed by atoms with E-state index in [0.29, 0.717) is 23.7 Å². The molecule has 0 radical (unpaired) electrons. The topological polar surface area (TPSA) is 53.4 Å². The molecule has 0 saturated carbocycles.